The minimum atomic E-state index is -0.564. The fourth-order valence-electron chi connectivity index (χ4n) is 1.84. The lowest BCUT2D eigenvalue weighted by molar-refractivity contribution is -0.124. The molecule has 23 heavy (non-hydrogen) atoms. The van der Waals surface area contributed by atoms with Gasteiger partial charge in [-0.2, -0.15) is 5.10 Å². The second-order valence-corrected chi connectivity index (χ2v) is 4.85. The molecule has 1 aromatic heterocycles. The Morgan fingerprint density at radius 1 is 1.26 bits per heavy atom. The van der Waals surface area contributed by atoms with Crippen molar-refractivity contribution in [3.63, 3.8) is 0 Å². The molecule has 1 heterocycles. The normalized spacial score (nSPS) is 10.2. The third-order valence-corrected chi connectivity index (χ3v) is 3.23. The van der Waals surface area contributed by atoms with E-state index >= 15 is 0 Å². The highest BCUT2D eigenvalue weighted by Gasteiger charge is 2.15. The average molecular weight is 317 g/mol. The van der Waals surface area contributed by atoms with Crippen LogP contribution in [0.25, 0.3) is 0 Å². The van der Waals surface area contributed by atoms with E-state index in [9.17, 15) is 9.59 Å². The van der Waals surface area contributed by atoms with Crippen LogP contribution in [0.15, 0.2) is 36.5 Å². The van der Waals surface area contributed by atoms with Crippen molar-refractivity contribution < 1.29 is 19.1 Å². The van der Waals surface area contributed by atoms with E-state index < -0.39 is 5.97 Å². The lowest BCUT2D eigenvalue weighted by Gasteiger charge is -2.08. The lowest BCUT2D eigenvalue weighted by Crippen LogP contribution is -2.32. The molecule has 0 bridgehead atoms. The number of ether oxygens (including phenoxy) is 2. The van der Waals surface area contributed by atoms with Crippen LogP contribution in [0, 0.1) is 6.92 Å². The van der Waals surface area contributed by atoms with E-state index in [-0.39, 0.29) is 12.5 Å². The molecule has 1 N–H and O–H groups in total. The predicted octanol–water partition coefficient (Wildman–Crippen LogP) is 1.08. The van der Waals surface area contributed by atoms with E-state index in [0.29, 0.717) is 24.4 Å². The molecular formula is C16H19N3O4. The lowest BCUT2D eigenvalue weighted by atomic mass is 10.3. The number of carbonyl (C=O) groups excluding carboxylic acids is 2. The molecule has 1 amide bonds. The average Bonchev–Trinajstić information content (AvgIpc) is 2.90. The first-order valence-electron chi connectivity index (χ1n) is 7.18. The molecule has 0 saturated heterocycles. The summed E-state index contributed by atoms with van der Waals surface area (Å²) in [4.78, 5) is 23.4. The Morgan fingerprint density at radius 2 is 2.00 bits per heavy atom. The van der Waals surface area contributed by atoms with Crippen LogP contribution >= 0.6 is 0 Å². The molecule has 1 aromatic carbocycles. The van der Waals surface area contributed by atoms with Crippen LogP contribution < -0.4 is 10.1 Å². The molecule has 2 rings (SSSR count). The Balaban J connectivity index is 1.65. The van der Waals surface area contributed by atoms with Crippen molar-refractivity contribution in [2.45, 2.75) is 6.92 Å². The molecule has 0 saturated carbocycles. The Hall–Kier alpha value is -2.83. The third-order valence-electron chi connectivity index (χ3n) is 3.23. The number of aryl methyl sites for hydroxylation is 1. The standard InChI is InChI=1S/C16H19N3O4/c1-12-14(10-18-19(12)2)16(21)23-11-15(20)17-8-9-22-13-6-4-3-5-7-13/h3-7,10H,8-9,11H2,1-2H3,(H,17,20). The van der Waals surface area contributed by atoms with Crippen molar-refractivity contribution >= 4 is 11.9 Å². The second kappa shape index (κ2) is 7.98. The molecule has 0 radical (unpaired) electrons. The van der Waals surface area contributed by atoms with E-state index in [1.165, 1.54) is 6.20 Å². The van der Waals surface area contributed by atoms with Gasteiger partial charge in [-0.25, -0.2) is 4.79 Å². The summed E-state index contributed by atoms with van der Waals surface area (Å²) in [7, 11) is 1.73. The van der Waals surface area contributed by atoms with Crippen LogP contribution in [-0.4, -0.2) is 41.4 Å². The fraction of sp³-hybridized carbons (Fsp3) is 0.312. The van der Waals surface area contributed by atoms with Gasteiger partial charge in [0, 0.05) is 12.7 Å². The van der Waals surface area contributed by atoms with Gasteiger partial charge in [0.1, 0.15) is 17.9 Å². The Labute approximate surface area is 134 Å². The summed E-state index contributed by atoms with van der Waals surface area (Å²) in [5.74, 6) is -0.205. The van der Waals surface area contributed by atoms with Gasteiger partial charge in [-0.05, 0) is 19.1 Å². The highest BCUT2D eigenvalue weighted by Crippen LogP contribution is 2.08. The van der Waals surface area contributed by atoms with E-state index in [4.69, 9.17) is 9.47 Å². The topological polar surface area (TPSA) is 82.5 Å². The van der Waals surface area contributed by atoms with Crippen LogP contribution in [0.5, 0.6) is 5.75 Å². The summed E-state index contributed by atoms with van der Waals surface area (Å²) in [6.07, 6.45) is 1.42. The van der Waals surface area contributed by atoms with Gasteiger partial charge in [0.25, 0.3) is 5.91 Å². The van der Waals surface area contributed by atoms with Gasteiger partial charge < -0.3 is 14.8 Å². The summed E-state index contributed by atoms with van der Waals surface area (Å²) < 4.78 is 12.0. The number of aromatic nitrogens is 2. The maximum Gasteiger partial charge on any atom is 0.342 e. The summed E-state index contributed by atoms with van der Waals surface area (Å²) in [6.45, 7) is 2.09. The summed E-state index contributed by atoms with van der Waals surface area (Å²) in [5, 5.41) is 6.57. The highest BCUT2D eigenvalue weighted by molar-refractivity contribution is 5.92. The Bertz CT molecular complexity index is 667. The molecule has 7 nitrogen and oxygen atoms in total. The quantitative estimate of drug-likeness (QED) is 0.610. The number of esters is 1. The number of benzene rings is 1. The van der Waals surface area contributed by atoms with Gasteiger partial charge >= 0.3 is 5.97 Å². The number of amides is 1. The smallest absolute Gasteiger partial charge is 0.342 e. The minimum Gasteiger partial charge on any atom is -0.492 e. The van der Waals surface area contributed by atoms with Crippen molar-refractivity contribution in [2.75, 3.05) is 19.8 Å². The van der Waals surface area contributed by atoms with E-state index in [1.54, 1.807) is 18.7 Å². The van der Waals surface area contributed by atoms with Gasteiger partial charge in [0.2, 0.25) is 0 Å². The van der Waals surface area contributed by atoms with Gasteiger partial charge in [-0.15, -0.1) is 0 Å². The zero-order valence-corrected chi connectivity index (χ0v) is 13.1. The van der Waals surface area contributed by atoms with Crippen molar-refractivity contribution in [3.8, 4) is 5.75 Å². The fourth-order valence-corrected chi connectivity index (χ4v) is 1.84. The summed E-state index contributed by atoms with van der Waals surface area (Å²) in [6, 6.07) is 9.30. The SMILES string of the molecule is Cc1c(C(=O)OCC(=O)NCCOc2ccccc2)cnn1C. The number of carbonyl (C=O) groups is 2. The summed E-state index contributed by atoms with van der Waals surface area (Å²) >= 11 is 0. The van der Waals surface area contributed by atoms with Crippen molar-refractivity contribution in [1.29, 1.82) is 0 Å². The molecular weight excluding hydrogens is 298 g/mol. The van der Waals surface area contributed by atoms with Crippen LogP contribution in [0.4, 0.5) is 0 Å². The maximum atomic E-state index is 11.8. The number of nitrogens with one attached hydrogen (secondary N) is 1. The second-order valence-electron chi connectivity index (χ2n) is 4.85. The molecule has 0 fully saturated rings. The van der Waals surface area contributed by atoms with Crippen LogP contribution in [0.2, 0.25) is 0 Å². The molecule has 122 valence electrons. The molecule has 7 heteroatoms. The van der Waals surface area contributed by atoms with Crippen molar-refractivity contribution in [2.24, 2.45) is 7.05 Å². The van der Waals surface area contributed by atoms with Gasteiger partial charge in [-0.3, -0.25) is 9.48 Å². The van der Waals surface area contributed by atoms with Crippen LogP contribution in [0.3, 0.4) is 0 Å². The number of hydrogen-bond donors (Lipinski definition) is 1. The molecule has 0 aliphatic carbocycles. The van der Waals surface area contributed by atoms with Crippen molar-refractivity contribution in [3.05, 3.63) is 47.8 Å². The predicted molar refractivity (Wildman–Crippen MR) is 83.2 cm³/mol. The summed E-state index contributed by atoms with van der Waals surface area (Å²) in [5.41, 5.74) is 1.04. The Kier molecular flexibility index (Phi) is 5.74. The molecule has 0 atom stereocenters. The zero-order chi connectivity index (χ0) is 16.7. The largest absolute Gasteiger partial charge is 0.492 e. The molecule has 2 aromatic rings. The number of hydrogen-bond acceptors (Lipinski definition) is 5. The van der Waals surface area contributed by atoms with Crippen molar-refractivity contribution in [1.82, 2.24) is 15.1 Å². The number of rotatable bonds is 7. The van der Waals surface area contributed by atoms with Gasteiger partial charge in [0.15, 0.2) is 6.61 Å². The molecule has 0 aliphatic rings. The number of nitrogens with zero attached hydrogens (tertiary/aromatic N) is 2. The molecule has 0 unspecified atom stereocenters. The molecule has 0 spiro atoms. The monoisotopic (exact) mass is 317 g/mol. The molecule has 0 aliphatic heterocycles. The van der Waals surface area contributed by atoms with E-state index in [1.807, 2.05) is 30.3 Å². The first-order valence-corrected chi connectivity index (χ1v) is 7.18. The Morgan fingerprint density at radius 3 is 2.65 bits per heavy atom. The van der Waals surface area contributed by atoms with E-state index in [0.717, 1.165) is 5.75 Å². The first-order chi connectivity index (χ1) is 11.1. The van der Waals surface area contributed by atoms with Crippen LogP contribution in [0.1, 0.15) is 16.1 Å². The minimum absolute atomic E-state index is 0.331. The maximum absolute atomic E-state index is 11.8. The number of para-hydroxylation sites is 1. The van der Waals surface area contributed by atoms with Gasteiger partial charge in [0.05, 0.1) is 12.7 Å². The highest BCUT2D eigenvalue weighted by atomic mass is 16.5. The zero-order valence-electron chi connectivity index (χ0n) is 13.1. The van der Waals surface area contributed by atoms with Gasteiger partial charge in [-0.1, -0.05) is 18.2 Å². The first kappa shape index (κ1) is 16.5. The third kappa shape index (κ3) is 4.84. The van der Waals surface area contributed by atoms with E-state index in [2.05, 4.69) is 10.4 Å². The van der Waals surface area contributed by atoms with Crippen LogP contribution in [-0.2, 0) is 16.6 Å².